The molecular formula is C19H20N4O2. The van der Waals surface area contributed by atoms with E-state index in [1.54, 1.807) is 19.4 Å². The summed E-state index contributed by atoms with van der Waals surface area (Å²) in [4.78, 5) is 19.0. The Labute approximate surface area is 145 Å². The van der Waals surface area contributed by atoms with Gasteiger partial charge in [-0.25, -0.2) is 4.98 Å². The number of hydrogen-bond donors (Lipinski definition) is 1. The van der Waals surface area contributed by atoms with Crippen LogP contribution in [0.4, 0.5) is 0 Å². The molecule has 3 aromatic rings. The molecule has 1 fully saturated rings. The van der Waals surface area contributed by atoms with Crippen LogP contribution in [0.5, 0.6) is 5.75 Å². The molecule has 3 heterocycles. The molecule has 1 unspecified atom stereocenters. The predicted octanol–water partition coefficient (Wildman–Crippen LogP) is 2.67. The number of amides is 1. The highest BCUT2D eigenvalue weighted by molar-refractivity contribution is 5.94. The molecule has 1 atom stereocenters. The zero-order chi connectivity index (χ0) is 17.2. The lowest BCUT2D eigenvalue weighted by atomic mass is 9.99. The van der Waals surface area contributed by atoms with Gasteiger partial charge in [0.25, 0.3) is 5.91 Å². The Morgan fingerprint density at radius 2 is 2.12 bits per heavy atom. The summed E-state index contributed by atoms with van der Waals surface area (Å²) < 4.78 is 5.19. The van der Waals surface area contributed by atoms with Crippen LogP contribution in [0.3, 0.4) is 0 Å². The number of ether oxygens (including phenoxy) is 1. The van der Waals surface area contributed by atoms with Crippen molar-refractivity contribution in [2.24, 2.45) is 5.92 Å². The second-order valence-corrected chi connectivity index (χ2v) is 6.46. The van der Waals surface area contributed by atoms with Crippen molar-refractivity contribution in [3.8, 4) is 5.75 Å². The first kappa shape index (κ1) is 15.6. The topological polar surface area (TPSA) is 71.1 Å². The van der Waals surface area contributed by atoms with E-state index >= 15 is 0 Å². The molecule has 0 saturated carbocycles. The molecule has 25 heavy (non-hydrogen) atoms. The molecule has 1 amide bonds. The molecule has 0 aliphatic carbocycles. The Hall–Kier alpha value is -2.89. The second kappa shape index (κ2) is 6.55. The third-order valence-electron chi connectivity index (χ3n) is 4.78. The maximum atomic E-state index is 12.7. The van der Waals surface area contributed by atoms with Gasteiger partial charge in [0, 0.05) is 18.5 Å². The Morgan fingerprint density at radius 3 is 2.92 bits per heavy atom. The number of hydrogen-bond acceptors (Lipinski definition) is 4. The van der Waals surface area contributed by atoms with Gasteiger partial charge in [-0.05, 0) is 48.6 Å². The molecule has 128 valence electrons. The third kappa shape index (κ3) is 3.20. The Balaban J connectivity index is 1.41. The Bertz CT molecular complexity index is 888. The van der Waals surface area contributed by atoms with Crippen molar-refractivity contribution in [2.45, 2.75) is 12.8 Å². The van der Waals surface area contributed by atoms with E-state index in [1.165, 1.54) is 5.56 Å². The van der Waals surface area contributed by atoms with Gasteiger partial charge in [0.15, 0.2) is 5.65 Å². The van der Waals surface area contributed by atoms with Crippen LogP contribution in [0.2, 0.25) is 0 Å². The van der Waals surface area contributed by atoms with Crippen molar-refractivity contribution in [1.82, 2.24) is 20.1 Å². The number of methoxy groups -OCH3 is 1. The average molecular weight is 336 g/mol. The summed E-state index contributed by atoms with van der Waals surface area (Å²) in [5, 5.41) is 7.68. The molecule has 1 aliphatic rings. The molecule has 6 heteroatoms. The summed E-state index contributed by atoms with van der Waals surface area (Å²) in [5.41, 5.74) is 2.40. The van der Waals surface area contributed by atoms with Crippen LogP contribution in [0.1, 0.15) is 22.5 Å². The van der Waals surface area contributed by atoms with E-state index < -0.39 is 0 Å². The maximum Gasteiger partial charge on any atom is 0.272 e. The molecule has 0 spiro atoms. The van der Waals surface area contributed by atoms with Crippen molar-refractivity contribution in [3.63, 3.8) is 0 Å². The summed E-state index contributed by atoms with van der Waals surface area (Å²) >= 11 is 0. The Kier molecular flexibility index (Phi) is 4.09. The summed E-state index contributed by atoms with van der Waals surface area (Å²) in [6, 6.07) is 11.8. The van der Waals surface area contributed by atoms with Gasteiger partial charge in [-0.2, -0.15) is 5.10 Å². The van der Waals surface area contributed by atoms with Gasteiger partial charge in [0.1, 0.15) is 11.4 Å². The highest BCUT2D eigenvalue weighted by Crippen LogP contribution is 2.23. The quantitative estimate of drug-likeness (QED) is 0.795. The fourth-order valence-corrected chi connectivity index (χ4v) is 3.39. The first-order chi connectivity index (χ1) is 12.2. The lowest BCUT2D eigenvalue weighted by Gasteiger charge is -2.16. The lowest BCUT2D eigenvalue weighted by Crippen LogP contribution is -2.29. The average Bonchev–Trinajstić information content (AvgIpc) is 3.30. The Morgan fingerprint density at radius 1 is 1.28 bits per heavy atom. The van der Waals surface area contributed by atoms with Gasteiger partial charge < -0.3 is 9.64 Å². The number of H-pyrrole nitrogens is 1. The van der Waals surface area contributed by atoms with Gasteiger partial charge in [-0.15, -0.1) is 0 Å². The van der Waals surface area contributed by atoms with Gasteiger partial charge in [0.05, 0.1) is 13.3 Å². The molecule has 1 N–H and O–H groups in total. The molecule has 0 bridgehead atoms. The molecule has 6 nitrogen and oxygen atoms in total. The third-order valence-corrected chi connectivity index (χ3v) is 4.78. The zero-order valence-corrected chi connectivity index (χ0v) is 14.1. The largest absolute Gasteiger partial charge is 0.497 e. The number of aromatic nitrogens is 3. The fourth-order valence-electron chi connectivity index (χ4n) is 3.39. The summed E-state index contributed by atoms with van der Waals surface area (Å²) in [5.74, 6) is 1.34. The number of rotatable bonds is 4. The second-order valence-electron chi connectivity index (χ2n) is 6.46. The van der Waals surface area contributed by atoms with Crippen LogP contribution in [-0.4, -0.2) is 46.2 Å². The standard InChI is InChI=1S/C19H20N4O2/c1-25-16-5-2-13(3-6-16)10-14-8-9-23(12-14)19(24)17-7-4-15-11-20-22-18(15)21-17/h2-7,11,14H,8-10,12H2,1H3,(H,20,21,22). The molecule has 0 radical (unpaired) electrons. The van der Waals surface area contributed by atoms with Crippen LogP contribution in [0.25, 0.3) is 11.0 Å². The molecule has 1 saturated heterocycles. The van der Waals surface area contributed by atoms with Gasteiger partial charge >= 0.3 is 0 Å². The van der Waals surface area contributed by atoms with E-state index in [9.17, 15) is 4.79 Å². The minimum Gasteiger partial charge on any atom is -0.497 e. The van der Waals surface area contributed by atoms with Crippen molar-refractivity contribution in [1.29, 1.82) is 0 Å². The van der Waals surface area contributed by atoms with Crippen LogP contribution in [0.15, 0.2) is 42.6 Å². The number of nitrogens with one attached hydrogen (secondary N) is 1. The number of likely N-dealkylation sites (tertiary alicyclic amines) is 1. The van der Waals surface area contributed by atoms with Crippen LogP contribution in [0, 0.1) is 5.92 Å². The van der Waals surface area contributed by atoms with E-state index in [1.807, 2.05) is 23.1 Å². The smallest absolute Gasteiger partial charge is 0.272 e. The van der Waals surface area contributed by atoms with Crippen molar-refractivity contribution in [3.05, 3.63) is 53.9 Å². The number of aromatic amines is 1. The normalized spacial score (nSPS) is 17.2. The number of fused-ring (bicyclic) bond motifs is 1. The minimum atomic E-state index is -0.00580. The fraction of sp³-hybridized carbons (Fsp3) is 0.316. The van der Waals surface area contributed by atoms with Crippen LogP contribution < -0.4 is 4.74 Å². The number of carbonyl (C=O) groups is 1. The summed E-state index contributed by atoms with van der Waals surface area (Å²) in [6.07, 6.45) is 3.70. The summed E-state index contributed by atoms with van der Waals surface area (Å²) in [6.45, 7) is 1.55. The van der Waals surface area contributed by atoms with E-state index in [4.69, 9.17) is 4.74 Å². The van der Waals surface area contributed by atoms with Gasteiger partial charge in [-0.1, -0.05) is 12.1 Å². The van der Waals surface area contributed by atoms with Crippen LogP contribution >= 0.6 is 0 Å². The van der Waals surface area contributed by atoms with Crippen molar-refractivity contribution in [2.75, 3.05) is 20.2 Å². The van der Waals surface area contributed by atoms with E-state index in [-0.39, 0.29) is 5.91 Å². The number of benzene rings is 1. The monoisotopic (exact) mass is 336 g/mol. The number of pyridine rings is 1. The maximum absolute atomic E-state index is 12.7. The first-order valence-corrected chi connectivity index (χ1v) is 8.45. The van der Waals surface area contributed by atoms with Crippen molar-refractivity contribution < 1.29 is 9.53 Å². The van der Waals surface area contributed by atoms with Gasteiger partial charge in [-0.3, -0.25) is 9.89 Å². The number of nitrogens with zero attached hydrogens (tertiary/aromatic N) is 3. The zero-order valence-electron chi connectivity index (χ0n) is 14.1. The molecule has 1 aliphatic heterocycles. The minimum absolute atomic E-state index is 0.00580. The van der Waals surface area contributed by atoms with Gasteiger partial charge in [0.2, 0.25) is 0 Å². The van der Waals surface area contributed by atoms with E-state index in [0.29, 0.717) is 17.3 Å². The van der Waals surface area contributed by atoms with E-state index in [0.717, 1.165) is 37.1 Å². The highest BCUT2D eigenvalue weighted by Gasteiger charge is 2.27. The SMILES string of the molecule is COc1ccc(CC2CCN(C(=O)c3ccc4cn[nH]c4n3)C2)cc1. The van der Waals surface area contributed by atoms with Crippen LogP contribution in [-0.2, 0) is 6.42 Å². The molecule has 2 aromatic heterocycles. The molecular weight excluding hydrogens is 316 g/mol. The van der Waals surface area contributed by atoms with Crippen molar-refractivity contribution >= 4 is 16.9 Å². The molecule has 1 aromatic carbocycles. The lowest BCUT2D eigenvalue weighted by molar-refractivity contribution is 0.0781. The first-order valence-electron chi connectivity index (χ1n) is 8.45. The molecule has 4 rings (SSSR count). The predicted molar refractivity (Wildman–Crippen MR) is 94.6 cm³/mol. The van der Waals surface area contributed by atoms with E-state index in [2.05, 4.69) is 27.3 Å². The summed E-state index contributed by atoms with van der Waals surface area (Å²) in [7, 11) is 1.67. The number of carbonyl (C=O) groups excluding carboxylic acids is 1. The highest BCUT2D eigenvalue weighted by atomic mass is 16.5.